The zero-order chi connectivity index (χ0) is 19.5. The zero-order valence-corrected chi connectivity index (χ0v) is 15.5. The van der Waals surface area contributed by atoms with Crippen molar-refractivity contribution in [3.8, 4) is 0 Å². The molecule has 0 unspecified atom stereocenters. The molecule has 0 atom stereocenters. The molecule has 2 aromatic carbocycles. The average molecular weight is 367 g/mol. The molecular formula is C21H25N3O3. The van der Waals surface area contributed by atoms with E-state index in [1.807, 2.05) is 60.7 Å². The summed E-state index contributed by atoms with van der Waals surface area (Å²) in [6, 6.07) is 19.7. The van der Waals surface area contributed by atoms with Crippen molar-refractivity contribution in [1.29, 1.82) is 0 Å². The number of carbonyl (C=O) groups is 3. The van der Waals surface area contributed by atoms with Crippen LogP contribution in [0, 0.1) is 0 Å². The first kappa shape index (κ1) is 20.2. The Morgan fingerprint density at radius 2 is 1.41 bits per heavy atom. The van der Waals surface area contributed by atoms with Crippen molar-refractivity contribution in [3.05, 3.63) is 71.8 Å². The van der Waals surface area contributed by atoms with Gasteiger partial charge in [0.2, 0.25) is 17.7 Å². The summed E-state index contributed by atoms with van der Waals surface area (Å²) in [4.78, 5) is 36.9. The van der Waals surface area contributed by atoms with E-state index in [1.165, 1.54) is 6.92 Å². The van der Waals surface area contributed by atoms with Gasteiger partial charge in [-0.2, -0.15) is 0 Å². The van der Waals surface area contributed by atoms with Crippen molar-refractivity contribution in [3.63, 3.8) is 0 Å². The summed E-state index contributed by atoms with van der Waals surface area (Å²) in [6.45, 7) is 2.14. The predicted octanol–water partition coefficient (Wildman–Crippen LogP) is 1.51. The Hall–Kier alpha value is -3.15. The summed E-state index contributed by atoms with van der Waals surface area (Å²) in [6.07, 6.45) is 0.735. The maximum atomic E-state index is 12.6. The standard InChI is InChI=1S/C21H25N3O3/c1-17(25)22-14-20(26)23-15-21(27)24(16-19-10-6-3-7-11-19)13-12-18-8-4-2-5-9-18/h2-11H,12-16H2,1H3,(H,22,25)(H,23,26). The third-order valence-electron chi connectivity index (χ3n) is 4.02. The van der Waals surface area contributed by atoms with Gasteiger partial charge in [-0.05, 0) is 17.5 Å². The van der Waals surface area contributed by atoms with Gasteiger partial charge < -0.3 is 15.5 Å². The Balaban J connectivity index is 1.94. The van der Waals surface area contributed by atoms with Crippen LogP contribution in [-0.4, -0.2) is 42.3 Å². The molecule has 0 saturated heterocycles. The number of hydrogen-bond acceptors (Lipinski definition) is 3. The lowest BCUT2D eigenvalue weighted by molar-refractivity contribution is -0.133. The first-order chi connectivity index (χ1) is 13.0. The van der Waals surface area contributed by atoms with Gasteiger partial charge >= 0.3 is 0 Å². The predicted molar refractivity (Wildman–Crippen MR) is 104 cm³/mol. The highest BCUT2D eigenvalue weighted by atomic mass is 16.2. The lowest BCUT2D eigenvalue weighted by atomic mass is 10.1. The molecule has 3 amide bonds. The highest BCUT2D eigenvalue weighted by Gasteiger charge is 2.15. The third kappa shape index (κ3) is 7.73. The molecule has 142 valence electrons. The van der Waals surface area contributed by atoms with Crippen LogP contribution in [0.1, 0.15) is 18.1 Å². The van der Waals surface area contributed by atoms with Crippen molar-refractivity contribution in [2.45, 2.75) is 19.9 Å². The van der Waals surface area contributed by atoms with E-state index in [-0.39, 0.29) is 30.8 Å². The summed E-state index contributed by atoms with van der Waals surface area (Å²) in [7, 11) is 0. The van der Waals surface area contributed by atoms with E-state index < -0.39 is 0 Å². The highest BCUT2D eigenvalue weighted by Crippen LogP contribution is 2.07. The molecule has 27 heavy (non-hydrogen) atoms. The van der Waals surface area contributed by atoms with Crippen molar-refractivity contribution in [2.24, 2.45) is 0 Å². The number of hydrogen-bond donors (Lipinski definition) is 2. The van der Waals surface area contributed by atoms with Crippen molar-refractivity contribution in [2.75, 3.05) is 19.6 Å². The lowest BCUT2D eigenvalue weighted by Gasteiger charge is -2.23. The normalized spacial score (nSPS) is 10.1. The molecular weight excluding hydrogens is 342 g/mol. The number of benzene rings is 2. The Morgan fingerprint density at radius 1 is 0.815 bits per heavy atom. The molecule has 0 radical (unpaired) electrons. The smallest absolute Gasteiger partial charge is 0.242 e. The monoisotopic (exact) mass is 367 g/mol. The number of rotatable bonds is 9. The fraction of sp³-hybridized carbons (Fsp3) is 0.286. The van der Waals surface area contributed by atoms with E-state index in [0.717, 1.165) is 17.5 Å². The Bertz CT molecular complexity index is 748. The van der Waals surface area contributed by atoms with Gasteiger partial charge in [0.25, 0.3) is 0 Å². The van der Waals surface area contributed by atoms with Crippen molar-refractivity contribution in [1.82, 2.24) is 15.5 Å². The van der Waals surface area contributed by atoms with Gasteiger partial charge in [-0.15, -0.1) is 0 Å². The molecule has 0 heterocycles. The minimum Gasteiger partial charge on any atom is -0.347 e. The topological polar surface area (TPSA) is 78.5 Å². The van der Waals surface area contributed by atoms with Gasteiger partial charge in [0.15, 0.2) is 0 Å². The van der Waals surface area contributed by atoms with Gasteiger partial charge in [-0.3, -0.25) is 14.4 Å². The Labute approximate surface area is 159 Å². The molecule has 0 spiro atoms. The van der Waals surface area contributed by atoms with Crippen LogP contribution in [0.4, 0.5) is 0 Å². The van der Waals surface area contributed by atoms with Crippen LogP contribution in [-0.2, 0) is 27.3 Å². The summed E-state index contributed by atoms with van der Waals surface area (Å²) in [5.41, 5.74) is 2.18. The first-order valence-corrected chi connectivity index (χ1v) is 8.91. The maximum absolute atomic E-state index is 12.6. The highest BCUT2D eigenvalue weighted by molar-refractivity contribution is 5.87. The minimum absolute atomic E-state index is 0.0972. The minimum atomic E-state index is -0.388. The van der Waals surface area contributed by atoms with E-state index in [2.05, 4.69) is 10.6 Å². The van der Waals surface area contributed by atoms with Crippen LogP contribution >= 0.6 is 0 Å². The number of carbonyl (C=O) groups excluding carboxylic acids is 3. The summed E-state index contributed by atoms with van der Waals surface area (Å²) >= 11 is 0. The SMILES string of the molecule is CC(=O)NCC(=O)NCC(=O)N(CCc1ccccc1)Cc1ccccc1. The van der Waals surface area contributed by atoms with E-state index in [1.54, 1.807) is 4.90 Å². The van der Waals surface area contributed by atoms with Gasteiger partial charge in [-0.1, -0.05) is 60.7 Å². The molecule has 2 rings (SSSR count). The molecule has 6 nitrogen and oxygen atoms in total. The molecule has 0 saturated carbocycles. The van der Waals surface area contributed by atoms with Gasteiger partial charge in [0.1, 0.15) is 0 Å². The van der Waals surface area contributed by atoms with Crippen LogP contribution in [0.25, 0.3) is 0 Å². The third-order valence-corrected chi connectivity index (χ3v) is 4.02. The van der Waals surface area contributed by atoms with Crippen LogP contribution in [0.2, 0.25) is 0 Å². The molecule has 0 aromatic heterocycles. The zero-order valence-electron chi connectivity index (χ0n) is 15.5. The van der Waals surface area contributed by atoms with Crippen molar-refractivity contribution < 1.29 is 14.4 Å². The fourth-order valence-corrected chi connectivity index (χ4v) is 2.56. The van der Waals surface area contributed by atoms with Crippen LogP contribution in [0.15, 0.2) is 60.7 Å². The Morgan fingerprint density at radius 3 is 2.00 bits per heavy atom. The fourth-order valence-electron chi connectivity index (χ4n) is 2.56. The second kappa shape index (κ2) is 10.8. The average Bonchev–Trinajstić information content (AvgIpc) is 2.69. The van der Waals surface area contributed by atoms with E-state index in [4.69, 9.17) is 0 Å². The van der Waals surface area contributed by atoms with Crippen LogP contribution in [0.3, 0.4) is 0 Å². The van der Waals surface area contributed by atoms with E-state index in [0.29, 0.717) is 13.1 Å². The van der Waals surface area contributed by atoms with Crippen LogP contribution in [0.5, 0.6) is 0 Å². The summed E-state index contributed by atoms with van der Waals surface area (Å²) in [5, 5.41) is 4.97. The summed E-state index contributed by atoms with van der Waals surface area (Å²) < 4.78 is 0. The molecule has 0 aliphatic heterocycles. The molecule has 0 aliphatic carbocycles. The van der Waals surface area contributed by atoms with Gasteiger partial charge in [0, 0.05) is 20.0 Å². The Kier molecular flexibility index (Phi) is 8.03. The van der Waals surface area contributed by atoms with Gasteiger partial charge in [0.05, 0.1) is 13.1 Å². The molecule has 2 N–H and O–H groups in total. The largest absolute Gasteiger partial charge is 0.347 e. The van der Waals surface area contributed by atoms with Gasteiger partial charge in [-0.25, -0.2) is 0 Å². The molecule has 0 aliphatic rings. The number of nitrogens with one attached hydrogen (secondary N) is 2. The molecule has 0 bridgehead atoms. The maximum Gasteiger partial charge on any atom is 0.242 e. The number of nitrogens with zero attached hydrogens (tertiary/aromatic N) is 1. The lowest BCUT2D eigenvalue weighted by Crippen LogP contribution is -2.43. The van der Waals surface area contributed by atoms with Crippen molar-refractivity contribution >= 4 is 17.7 Å². The molecule has 0 fully saturated rings. The second-order valence-corrected chi connectivity index (χ2v) is 6.22. The number of amides is 3. The summed E-state index contributed by atoms with van der Waals surface area (Å²) in [5.74, 6) is -0.836. The quantitative estimate of drug-likeness (QED) is 0.705. The first-order valence-electron chi connectivity index (χ1n) is 8.91. The molecule has 6 heteroatoms. The van der Waals surface area contributed by atoms with Crippen LogP contribution < -0.4 is 10.6 Å². The van der Waals surface area contributed by atoms with E-state index in [9.17, 15) is 14.4 Å². The van der Waals surface area contributed by atoms with E-state index >= 15 is 0 Å². The second-order valence-electron chi connectivity index (χ2n) is 6.22. The molecule has 2 aromatic rings.